The molecule has 0 saturated heterocycles. The number of aromatic nitrogens is 1. The van der Waals surface area contributed by atoms with Gasteiger partial charge in [0.15, 0.2) is 11.5 Å². The Kier molecular flexibility index (Phi) is 6.04. The number of anilines is 2. The summed E-state index contributed by atoms with van der Waals surface area (Å²) in [6.45, 7) is 4.46. The molecule has 3 aromatic rings. The fourth-order valence-electron chi connectivity index (χ4n) is 3.35. The second kappa shape index (κ2) is 8.91. The van der Waals surface area contributed by atoms with E-state index in [-0.39, 0.29) is 17.2 Å². The summed E-state index contributed by atoms with van der Waals surface area (Å²) in [4.78, 5) is 12.3. The van der Waals surface area contributed by atoms with E-state index in [0.29, 0.717) is 48.3 Å². The molecule has 1 aliphatic heterocycles. The summed E-state index contributed by atoms with van der Waals surface area (Å²) >= 11 is 0. The van der Waals surface area contributed by atoms with Crippen LogP contribution < -0.4 is 19.5 Å². The predicted octanol–water partition coefficient (Wildman–Crippen LogP) is 3.43. The summed E-state index contributed by atoms with van der Waals surface area (Å²) in [5.41, 5.74) is 2.65. The maximum Gasteiger partial charge on any atom is 0.262 e. The maximum absolute atomic E-state index is 12.7. The summed E-state index contributed by atoms with van der Waals surface area (Å²) < 4.78 is 43.9. The van der Waals surface area contributed by atoms with Crippen LogP contribution in [-0.4, -0.2) is 32.7 Å². The smallest absolute Gasteiger partial charge is 0.262 e. The van der Waals surface area contributed by atoms with Crippen molar-refractivity contribution >= 4 is 27.3 Å². The lowest BCUT2D eigenvalue weighted by Gasteiger charge is -2.19. The first-order chi connectivity index (χ1) is 15.3. The Morgan fingerprint density at radius 2 is 1.69 bits per heavy atom. The van der Waals surface area contributed by atoms with E-state index < -0.39 is 10.0 Å². The van der Waals surface area contributed by atoms with Gasteiger partial charge in [-0.1, -0.05) is 5.16 Å². The van der Waals surface area contributed by atoms with Crippen LogP contribution in [-0.2, 0) is 21.2 Å². The Hall–Kier alpha value is -3.53. The molecule has 9 nitrogen and oxygen atoms in total. The number of sulfonamides is 1. The average molecular weight is 458 g/mol. The van der Waals surface area contributed by atoms with Crippen LogP contribution in [0.2, 0.25) is 0 Å². The molecule has 168 valence electrons. The van der Waals surface area contributed by atoms with Crippen molar-refractivity contribution in [2.24, 2.45) is 0 Å². The van der Waals surface area contributed by atoms with E-state index in [1.54, 1.807) is 30.3 Å². The van der Waals surface area contributed by atoms with Gasteiger partial charge in [-0.15, -0.1) is 0 Å². The number of carbonyl (C=O) groups is 1. The highest BCUT2D eigenvalue weighted by Gasteiger charge is 2.19. The van der Waals surface area contributed by atoms with Gasteiger partial charge in [0.1, 0.15) is 19.0 Å². The van der Waals surface area contributed by atoms with Gasteiger partial charge in [0.05, 0.1) is 10.6 Å². The van der Waals surface area contributed by atoms with E-state index in [1.807, 2.05) is 13.8 Å². The first-order valence-electron chi connectivity index (χ1n) is 10.1. The Morgan fingerprint density at radius 1 is 1.00 bits per heavy atom. The molecule has 4 rings (SSSR count). The molecule has 1 aromatic heterocycles. The van der Waals surface area contributed by atoms with Crippen molar-refractivity contribution in [1.29, 1.82) is 0 Å². The number of nitrogens with one attached hydrogen (secondary N) is 2. The van der Waals surface area contributed by atoms with Gasteiger partial charge in [-0.25, -0.2) is 8.42 Å². The third kappa shape index (κ3) is 4.86. The lowest BCUT2D eigenvalue weighted by Crippen LogP contribution is -2.17. The first-order valence-corrected chi connectivity index (χ1v) is 11.5. The summed E-state index contributed by atoms with van der Waals surface area (Å²) in [6.07, 6.45) is 0.807. The first kappa shape index (κ1) is 21.7. The standard InChI is InChI=1S/C22H23N3O6S/c1-14-19(15(2)31-24-14)8-10-22(26)23-16-3-5-17(6-4-16)25-32(27,28)18-7-9-20-21(13-18)30-12-11-29-20/h3-7,9,13,25H,8,10-12H2,1-2H3,(H,23,26). The van der Waals surface area contributed by atoms with Crippen LogP contribution in [0.15, 0.2) is 51.9 Å². The largest absolute Gasteiger partial charge is 0.486 e. The van der Waals surface area contributed by atoms with Gasteiger partial charge >= 0.3 is 0 Å². The molecular weight excluding hydrogens is 434 g/mol. The van der Waals surface area contributed by atoms with Crippen LogP contribution in [0, 0.1) is 13.8 Å². The van der Waals surface area contributed by atoms with Crippen molar-refractivity contribution < 1.29 is 27.2 Å². The van der Waals surface area contributed by atoms with Crippen LogP contribution in [0.3, 0.4) is 0 Å². The minimum Gasteiger partial charge on any atom is -0.486 e. The van der Waals surface area contributed by atoms with Crippen LogP contribution in [0.5, 0.6) is 11.5 Å². The highest BCUT2D eigenvalue weighted by molar-refractivity contribution is 7.92. The van der Waals surface area contributed by atoms with Gasteiger partial charge in [-0.2, -0.15) is 0 Å². The molecular formula is C22H23N3O6S. The SMILES string of the molecule is Cc1noc(C)c1CCC(=O)Nc1ccc(NS(=O)(=O)c2ccc3c(c2)OCCO3)cc1. The molecule has 1 amide bonds. The Balaban J connectivity index is 1.36. The van der Waals surface area contributed by atoms with Crippen LogP contribution >= 0.6 is 0 Å². The third-order valence-corrected chi connectivity index (χ3v) is 6.41. The van der Waals surface area contributed by atoms with Crippen LogP contribution in [0.1, 0.15) is 23.4 Å². The summed E-state index contributed by atoms with van der Waals surface area (Å²) in [5.74, 6) is 1.47. The molecule has 0 bridgehead atoms. The zero-order chi connectivity index (χ0) is 22.7. The molecule has 0 unspecified atom stereocenters. The molecule has 2 aromatic carbocycles. The van der Waals surface area contributed by atoms with E-state index in [9.17, 15) is 13.2 Å². The van der Waals surface area contributed by atoms with Crippen molar-refractivity contribution in [1.82, 2.24) is 5.16 Å². The van der Waals surface area contributed by atoms with Gasteiger partial charge in [0.25, 0.3) is 10.0 Å². The minimum absolute atomic E-state index is 0.0680. The number of rotatable bonds is 7. The molecule has 0 spiro atoms. The molecule has 0 atom stereocenters. The highest BCUT2D eigenvalue weighted by atomic mass is 32.2. The van der Waals surface area contributed by atoms with E-state index in [4.69, 9.17) is 14.0 Å². The van der Waals surface area contributed by atoms with E-state index in [1.165, 1.54) is 12.1 Å². The lowest BCUT2D eigenvalue weighted by molar-refractivity contribution is -0.116. The van der Waals surface area contributed by atoms with Crippen molar-refractivity contribution in [3.05, 3.63) is 59.5 Å². The fraction of sp³-hybridized carbons (Fsp3) is 0.273. The molecule has 0 saturated carbocycles. The van der Waals surface area contributed by atoms with Crippen molar-refractivity contribution in [2.45, 2.75) is 31.6 Å². The summed E-state index contributed by atoms with van der Waals surface area (Å²) in [7, 11) is -3.81. The average Bonchev–Trinajstić information content (AvgIpc) is 3.10. The van der Waals surface area contributed by atoms with E-state index in [2.05, 4.69) is 15.2 Å². The lowest BCUT2D eigenvalue weighted by atomic mass is 10.1. The Bertz CT molecular complexity index is 1220. The highest BCUT2D eigenvalue weighted by Crippen LogP contribution is 2.32. The zero-order valence-electron chi connectivity index (χ0n) is 17.7. The molecule has 0 fully saturated rings. The molecule has 2 heterocycles. The maximum atomic E-state index is 12.7. The quantitative estimate of drug-likeness (QED) is 0.558. The Morgan fingerprint density at radius 3 is 2.38 bits per heavy atom. The number of carbonyl (C=O) groups excluding carboxylic acids is 1. The molecule has 32 heavy (non-hydrogen) atoms. The van der Waals surface area contributed by atoms with Crippen molar-refractivity contribution in [3.8, 4) is 11.5 Å². The number of amides is 1. The molecule has 2 N–H and O–H groups in total. The molecule has 10 heteroatoms. The summed E-state index contributed by atoms with van der Waals surface area (Å²) in [6, 6.07) is 10.9. The normalized spacial score (nSPS) is 12.9. The van der Waals surface area contributed by atoms with E-state index in [0.717, 1.165) is 11.3 Å². The fourth-order valence-corrected chi connectivity index (χ4v) is 4.42. The second-order valence-electron chi connectivity index (χ2n) is 7.34. The topological polar surface area (TPSA) is 120 Å². The molecule has 0 aliphatic carbocycles. The van der Waals surface area contributed by atoms with Crippen LogP contribution in [0.4, 0.5) is 11.4 Å². The number of hydrogen-bond donors (Lipinski definition) is 2. The number of aryl methyl sites for hydroxylation is 2. The van der Waals surface area contributed by atoms with Gasteiger partial charge in [0, 0.05) is 29.4 Å². The number of ether oxygens (including phenoxy) is 2. The monoisotopic (exact) mass is 457 g/mol. The number of hydrogen-bond acceptors (Lipinski definition) is 7. The number of fused-ring (bicyclic) bond motifs is 1. The summed E-state index contributed by atoms with van der Waals surface area (Å²) in [5, 5.41) is 6.69. The predicted molar refractivity (Wildman–Crippen MR) is 118 cm³/mol. The number of benzene rings is 2. The minimum atomic E-state index is -3.81. The molecule has 1 aliphatic rings. The van der Waals surface area contributed by atoms with Gasteiger partial charge in [-0.05, 0) is 56.7 Å². The van der Waals surface area contributed by atoms with E-state index >= 15 is 0 Å². The van der Waals surface area contributed by atoms with Crippen molar-refractivity contribution in [3.63, 3.8) is 0 Å². The Labute approximate surface area is 185 Å². The second-order valence-corrected chi connectivity index (χ2v) is 9.02. The van der Waals surface area contributed by atoms with Gasteiger partial charge in [-0.3, -0.25) is 9.52 Å². The van der Waals surface area contributed by atoms with Gasteiger partial charge in [0.2, 0.25) is 5.91 Å². The zero-order valence-corrected chi connectivity index (χ0v) is 18.5. The van der Waals surface area contributed by atoms with Crippen LogP contribution in [0.25, 0.3) is 0 Å². The third-order valence-electron chi connectivity index (χ3n) is 5.03. The van der Waals surface area contributed by atoms with Crippen molar-refractivity contribution in [2.75, 3.05) is 23.3 Å². The number of nitrogens with zero attached hydrogens (tertiary/aromatic N) is 1. The van der Waals surface area contributed by atoms with Gasteiger partial charge < -0.3 is 19.3 Å². The molecule has 0 radical (unpaired) electrons.